The van der Waals surface area contributed by atoms with Crippen LogP contribution in [-0.4, -0.2) is 15.0 Å². The fourth-order valence-corrected chi connectivity index (χ4v) is 9.96. The highest BCUT2D eigenvalue weighted by atomic mass is 32.1. The van der Waals surface area contributed by atoms with Crippen LogP contribution < -0.4 is 0 Å². The quantitative estimate of drug-likeness (QED) is 0.161. The number of aromatic nitrogens is 3. The van der Waals surface area contributed by atoms with Crippen molar-refractivity contribution in [2.24, 2.45) is 0 Å². The van der Waals surface area contributed by atoms with Crippen LogP contribution in [0.1, 0.15) is 0 Å². The van der Waals surface area contributed by atoms with Crippen molar-refractivity contribution in [2.75, 3.05) is 0 Å². The average Bonchev–Trinajstić information content (AvgIpc) is 3.93. The van der Waals surface area contributed by atoms with E-state index in [2.05, 4.69) is 164 Å². The van der Waals surface area contributed by atoms with Crippen molar-refractivity contribution in [3.8, 4) is 78.7 Å². The van der Waals surface area contributed by atoms with Gasteiger partial charge in [0.05, 0.1) is 0 Å². The summed E-state index contributed by atoms with van der Waals surface area (Å²) in [6.07, 6.45) is 0. The lowest BCUT2D eigenvalue weighted by molar-refractivity contribution is 0.669. The van der Waals surface area contributed by atoms with E-state index in [1.54, 1.807) is 0 Å². The zero-order chi connectivity index (χ0) is 41.0. The van der Waals surface area contributed by atoms with Crippen molar-refractivity contribution in [3.05, 3.63) is 212 Å². The molecular weight excluding hydrogens is 775 g/mol. The summed E-state index contributed by atoms with van der Waals surface area (Å²) in [5, 5.41) is 4.61. The van der Waals surface area contributed by atoms with Crippen LogP contribution in [0.25, 0.3) is 121 Å². The third-order valence-corrected chi connectivity index (χ3v) is 13.0. The molecule has 0 aliphatic rings. The summed E-state index contributed by atoms with van der Waals surface area (Å²) < 4.78 is 9.06. The molecule has 12 aromatic rings. The number of benzene rings is 9. The molecule has 3 heterocycles. The predicted octanol–water partition coefficient (Wildman–Crippen LogP) is 15.8. The topological polar surface area (TPSA) is 51.8 Å². The zero-order valence-electron chi connectivity index (χ0n) is 33.4. The third kappa shape index (κ3) is 6.35. The van der Waals surface area contributed by atoms with Crippen LogP contribution in [0.2, 0.25) is 0 Å². The summed E-state index contributed by atoms with van der Waals surface area (Å²) >= 11 is 1.87. The molecule has 12 rings (SSSR count). The van der Waals surface area contributed by atoms with Gasteiger partial charge < -0.3 is 4.42 Å². The molecule has 9 aromatic carbocycles. The number of thiophene rings is 1. The second-order valence-electron chi connectivity index (χ2n) is 15.6. The first-order valence-corrected chi connectivity index (χ1v) is 21.6. The number of furan rings is 1. The first-order chi connectivity index (χ1) is 30.7. The van der Waals surface area contributed by atoms with Crippen LogP contribution in [0.4, 0.5) is 0 Å². The maximum Gasteiger partial charge on any atom is 0.164 e. The van der Waals surface area contributed by atoms with Crippen molar-refractivity contribution in [3.63, 3.8) is 0 Å². The molecule has 0 radical (unpaired) electrons. The van der Waals surface area contributed by atoms with Crippen molar-refractivity contribution in [1.29, 1.82) is 0 Å². The Bertz CT molecular complexity index is 3650. The highest BCUT2D eigenvalue weighted by molar-refractivity contribution is 7.26. The molecule has 0 N–H and O–H groups in total. The number of fused-ring (bicyclic) bond motifs is 6. The van der Waals surface area contributed by atoms with E-state index in [-0.39, 0.29) is 0 Å². The Morgan fingerprint density at radius 2 is 0.823 bits per heavy atom. The van der Waals surface area contributed by atoms with Gasteiger partial charge in [0.25, 0.3) is 0 Å². The fraction of sp³-hybridized carbons (Fsp3) is 0. The van der Waals surface area contributed by atoms with Gasteiger partial charge in [-0.05, 0) is 87.0 Å². The van der Waals surface area contributed by atoms with E-state index in [1.807, 2.05) is 59.9 Å². The molecular formula is C57H35N3OS. The van der Waals surface area contributed by atoms with E-state index in [0.717, 1.165) is 66.4 Å². The Balaban J connectivity index is 0.945. The van der Waals surface area contributed by atoms with Crippen LogP contribution in [-0.2, 0) is 0 Å². The normalized spacial score (nSPS) is 11.5. The molecule has 0 fully saturated rings. The summed E-state index contributed by atoms with van der Waals surface area (Å²) in [7, 11) is 0. The van der Waals surface area contributed by atoms with Gasteiger partial charge in [0.2, 0.25) is 0 Å². The van der Waals surface area contributed by atoms with Gasteiger partial charge in [-0.1, -0.05) is 170 Å². The molecule has 62 heavy (non-hydrogen) atoms. The van der Waals surface area contributed by atoms with Gasteiger partial charge in [-0.3, -0.25) is 0 Å². The van der Waals surface area contributed by atoms with E-state index in [1.165, 1.54) is 36.9 Å². The van der Waals surface area contributed by atoms with E-state index in [9.17, 15) is 0 Å². The van der Waals surface area contributed by atoms with Crippen LogP contribution in [0.3, 0.4) is 0 Å². The maximum atomic E-state index is 6.43. The van der Waals surface area contributed by atoms with Crippen LogP contribution in [0.5, 0.6) is 0 Å². The minimum atomic E-state index is 0.589. The Kier molecular flexibility index (Phi) is 8.65. The molecule has 3 aromatic heterocycles. The molecule has 4 nitrogen and oxygen atoms in total. The minimum absolute atomic E-state index is 0.589. The molecule has 0 saturated carbocycles. The summed E-state index contributed by atoms with van der Waals surface area (Å²) in [6.45, 7) is 0. The standard InChI is InChI=1S/C57H35N3OS/c1-3-14-36(15-4-1)42-30-31-50-49(35-42)53-48(27-13-28-51(53)61-50)57-59-55(37-16-5-2-6-17-37)58-56(60-57)44-23-11-21-41(34-44)39-19-9-18-38(32-39)40-20-10-22-43(33-40)45-25-12-26-47-46-24-7-8-29-52(46)62-54(45)47/h1-35H. The Morgan fingerprint density at radius 3 is 1.58 bits per heavy atom. The Labute approximate surface area is 362 Å². The second kappa shape index (κ2) is 14.9. The first-order valence-electron chi connectivity index (χ1n) is 20.7. The van der Waals surface area contributed by atoms with Crippen LogP contribution >= 0.6 is 11.3 Å². The van der Waals surface area contributed by atoms with E-state index in [0.29, 0.717) is 17.5 Å². The molecule has 0 aliphatic carbocycles. The van der Waals surface area contributed by atoms with Gasteiger partial charge in [0.1, 0.15) is 11.2 Å². The lowest BCUT2D eigenvalue weighted by Crippen LogP contribution is -2.00. The molecule has 0 spiro atoms. The minimum Gasteiger partial charge on any atom is -0.456 e. The summed E-state index contributed by atoms with van der Waals surface area (Å²) in [4.78, 5) is 15.5. The molecule has 0 saturated heterocycles. The lowest BCUT2D eigenvalue weighted by atomic mass is 9.95. The molecule has 0 bridgehead atoms. The number of rotatable bonds is 7. The van der Waals surface area contributed by atoms with Gasteiger partial charge in [-0.25, -0.2) is 15.0 Å². The maximum absolute atomic E-state index is 6.43. The monoisotopic (exact) mass is 809 g/mol. The summed E-state index contributed by atoms with van der Waals surface area (Å²) in [5.74, 6) is 1.80. The Morgan fingerprint density at radius 1 is 0.306 bits per heavy atom. The third-order valence-electron chi connectivity index (χ3n) is 11.7. The summed E-state index contributed by atoms with van der Waals surface area (Å²) in [6, 6.07) is 74.6. The van der Waals surface area contributed by atoms with Crippen LogP contribution in [0, 0.1) is 0 Å². The number of hydrogen-bond acceptors (Lipinski definition) is 5. The van der Waals surface area contributed by atoms with Gasteiger partial charge in [0, 0.05) is 47.6 Å². The molecule has 290 valence electrons. The van der Waals surface area contributed by atoms with Gasteiger partial charge in [-0.2, -0.15) is 0 Å². The highest BCUT2D eigenvalue weighted by Crippen LogP contribution is 2.42. The molecule has 0 atom stereocenters. The van der Waals surface area contributed by atoms with Crippen molar-refractivity contribution in [1.82, 2.24) is 15.0 Å². The van der Waals surface area contributed by atoms with Crippen molar-refractivity contribution >= 4 is 53.4 Å². The van der Waals surface area contributed by atoms with Crippen molar-refractivity contribution in [2.45, 2.75) is 0 Å². The predicted molar refractivity (Wildman–Crippen MR) is 258 cm³/mol. The van der Waals surface area contributed by atoms with Crippen LogP contribution in [0.15, 0.2) is 217 Å². The largest absolute Gasteiger partial charge is 0.456 e. The molecule has 0 aliphatic heterocycles. The molecule has 0 amide bonds. The second-order valence-corrected chi connectivity index (χ2v) is 16.6. The fourth-order valence-electron chi connectivity index (χ4n) is 8.72. The van der Waals surface area contributed by atoms with Crippen molar-refractivity contribution < 1.29 is 4.42 Å². The average molecular weight is 810 g/mol. The number of hydrogen-bond donors (Lipinski definition) is 0. The van der Waals surface area contributed by atoms with E-state index in [4.69, 9.17) is 19.4 Å². The van der Waals surface area contributed by atoms with E-state index < -0.39 is 0 Å². The smallest absolute Gasteiger partial charge is 0.164 e. The SMILES string of the molecule is c1ccc(-c2ccc3oc4cccc(-c5nc(-c6ccccc6)nc(-c6cccc(-c7cccc(-c8cccc(-c9cccc%10c9sc9ccccc9%10)c8)c7)c6)n5)c4c3c2)cc1. The van der Waals surface area contributed by atoms with E-state index >= 15 is 0 Å². The number of nitrogens with zero attached hydrogens (tertiary/aromatic N) is 3. The Hall–Kier alpha value is -7.99. The molecule has 5 heteroatoms. The first kappa shape index (κ1) is 35.9. The van der Waals surface area contributed by atoms with Gasteiger partial charge in [0.15, 0.2) is 17.5 Å². The highest BCUT2D eigenvalue weighted by Gasteiger charge is 2.19. The lowest BCUT2D eigenvalue weighted by Gasteiger charge is -2.11. The summed E-state index contributed by atoms with van der Waals surface area (Å²) in [5.41, 5.74) is 13.6. The van der Waals surface area contributed by atoms with Gasteiger partial charge >= 0.3 is 0 Å². The zero-order valence-corrected chi connectivity index (χ0v) is 34.2. The molecule has 0 unspecified atom stereocenters. The van der Waals surface area contributed by atoms with Gasteiger partial charge in [-0.15, -0.1) is 11.3 Å².